The van der Waals surface area contributed by atoms with Crippen LogP contribution in [-0.2, 0) is 16.8 Å². The van der Waals surface area contributed by atoms with Crippen LogP contribution in [0.25, 0.3) is 0 Å². The van der Waals surface area contributed by atoms with Gasteiger partial charge in [-0.15, -0.1) is 0 Å². The first-order valence-corrected chi connectivity index (χ1v) is 6.53. The van der Waals surface area contributed by atoms with Gasteiger partial charge in [0.1, 0.15) is 6.29 Å². The number of hydrogen-bond donors (Lipinski definition) is 0. The summed E-state index contributed by atoms with van der Waals surface area (Å²) in [6, 6.07) is 0.00346. The molecule has 1 aromatic heterocycles. The summed E-state index contributed by atoms with van der Waals surface area (Å²) in [7, 11) is 0. The molecule has 0 N–H and O–H groups in total. The van der Waals surface area contributed by atoms with Gasteiger partial charge >= 0.3 is 0 Å². The fraction of sp³-hybridized carbons (Fsp3) is 0.769. The molecule has 0 bridgehead atoms. The van der Waals surface area contributed by atoms with Crippen molar-refractivity contribution in [2.24, 2.45) is 0 Å². The van der Waals surface area contributed by atoms with E-state index in [9.17, 15) is 4.79 Å². The summed E-state index contributed by atoms with van der Waals surface area (Å²) in [5.41, 5.74) is -0.103. The van der Waals surface area contributed by atoms with E-state index in [0.29, 0.717) is 12.4 Å². The Kier molecular flexibility index (Phi) is 3.80. The lowest BCUT2D eigenvalue weighted by Gasteiger charge is -2.30. The van der Waals surface area contributed by atoms with Crippen LogP contribution in [0.2, 0.25) is 0 Å². The third-order valence-corrected chi connectivity index (χ3v) is 3.30. The molecule has 100 valence electrons. The maximum atomic E-state index is 11.0. The Labute approximate surface area is 108 Å². The van der Waals surface area contributed by atoms with E-state index in [0.717, 1.165) is 37.9 Å². The van der Waals surface area contributed by atoms with Gasteiger partial charge in [-0.3, -0.25) is 4.90 Å². The molecule has 1 aliphatic heterocycles. The monoisotopic (exact) mass is 251 g/mol. The van der Waals surface area contributed by atoms with E-state index >= 15 is 0 Å². The maximum Gasteiger partial charge on any atom is 0.240 e. The first-order valence-electron chi connectivity index (χ1n) is 6.53. The van der Waals surface area contributed by atoms with Crippen LogP contribution >= 0.6 is 0 Å². The largest absolute Gasteiger partial charge is 0.338 e. The SMILES string of the molecule is CC(C)(C)c1noc(CN2CCCCC2C=O)n1. The van der Waals surface area contributed by atoms with Crippen molar-refractivity contribution in [2.45, 2.75) is 58.0 Å². The smallest absolute Gasteiger partial charge is 0.240 e. The van der Waals surface area contributed by atoms with Crippen LogP contribution in [0.15, 0.2) is 4.52 Å². The molecule has 0 amide bonds. The van der Waals surface area contributed by atoms with Crippen molar-refractivity contribution in [3.8, 4) is 0 Å². The third kappa shape index (κ3) is 2.96. The van der Waals surface area contributed by atoms with Crippen molar-refractivity contribution >= 4 is 6.29 Å². The molecule has 0 aliphatic carbocycles. The zero-order valence-electron chi connectivity index (χ0n) is 11.3. The van der Waals surface area contributed by atoms with Crippen LogP contribution in [0.4, 0.5) is 0 Å². The second-order valence-electron chi connectivity index (χ2n) is 5.93. The highest BCUT2D eigenvalue weighted by Crippen LogP contribution is 2.21. The lowest BCUT2D eigenvalue weighted by Crippen LogP contribution is -2.39. The van der Waals surface area contributed by atoms with Crippen molar-refractivity contribution in [1.82, 2.24) is 15.0 Å². The predicted octanol–water partition coefficient (Wildman–Crippen LogP) is 1.92. The normalized spacial score (nSPS) is 22.1. The molecule has 1 fully saturated rings. The molecular weight excluding hydrogens is 230 g/mol. The molecule has 0 aromatic carbocycles. The Morgan fingerprint density at radius 1 is 1.44 bits per heavy atom. The van der Waals surface area contributed by atoms with Gasteiger partial charge < -0.3 is 9.32 Å². The van der Waals surface area contributed by atoms with Crippen molar-refractivity contribution in [3.05, 3.63) is 11.7 Å². The Hall–Kier alpha value is -1.23. The topological polar surface area (TPSA) is 59.2 Å². The summed E-state index contributed by atoms with van der Waals surface area (Å²) in [6.07, 6.45) is 4.21. The molecular formula is C13H21N3O2. The number of carbonyl (C=O) groups is 1. The first kappa shape index (κ1) is 13.2. The van der Waals surface area contributed by atoms with Gasteiger partial charge in [-0.05, 0) is 19.4 Å². The van der Waals surface area contributed by atoms with E-state index in [1.807, 2.05) is 0 Å². The highest BCUT2D eigenvalue weighted by Gasteiger charge is 2.25. The fourth-order valence-electron chi connectivity index (χ4n) is 2.16. The maximum absolute atomic E-state index is 11.0. The Bertz CT molecular complexity index is 409. The summed E-state index contributed by atoms with van der Waals surface area (Å²) < 4.78 is 5.27. The molecule has 1 aromatic rings. The van der Waals surface area contributed by atoms with E-state index in [4.69, 9.17) is 4.52 Å². The fourth-order valence-corrected chi connectivity index (χ4v) is 2.16. The van der Waals surface area contributed by atoms with E-state index in [1.165, 1.54) is 0 Å². The van der Waals surface area contributed by atoms with Gasteiger partial charge in [-0.25, -0.2) is 0 Å². The molecule has 5 heteroatoms. The van der Waals surface area contributed by atoms with Crippen LogP contribution in [0.1, 0.15) is 51.7 Å². The Morgan fingerprint density at radius 3 is 2.83 bits per heavy atom. The number of aromatic nitrogens is 2. The third-order valence-electron chi connectivity index (χ3n) is 3.30. The van der Waals surface area contributed by atoms with E-state index in [2.05, 4.69) is 35.8 Å². The van der Waals surface area contributed by atoms with Crippen LogP contribution < -0.4 is 0 Å². The lowest BCUT2D eigenvalue weighted by atomic mass is 9.96. The molecule has 2 rings (SSSR count). The lowest BCUT2D eigenvalue weighted by molar-refractivity contribution is -0.113. The summed E-state index contributed by atoms with van der Waals surface area (Å²) in [6.45, 7) is 7.66. The van der Waals surface area contributed by atoms with E-state index in [1.54, 1.807) is 0 Å². The number of carbonyl (C=O) groups excluding carboxylic acids is 1. The van der Waals surface area contributed by atoms with Gasteiger partial charge in [0.25, 0.3) is 0 Å². The minimum absolute atomic E-state index is 0.00346. The summed E-state index contributed by atoms with van der Waals surface area (Å²) in [4.78, 5) is 17.5. The van der Waals surface area contributed by atoms with Crippen molar-refractivity contribution in [3.63, 3.8) is 0 Å². The van der Waals surface area contributed by atoms with Gasteiger partial charge in [-0.1, -0.05) is 32.3 Å². The summed E-state index contributed by atoms with van der Waals surface area (Å²) >= 11 is 0. The first-order chi connectivity index (χ1) is 8.50. The predicted molar refractivity (Wildman–Crippen MR) is 67.1 cm³/mol. The molecule has 1 unspecified atom stereocenters. The number of nitrogens with zero attached hydrogens (tertiary/aromatic N) is 3. The standard InChI is InChI=1S/C13H21N3O2/c1-13(2,3)12-14-11(18-15-12)8-16-7-5-4-6-10(16)9-17/h9-10H,4-8H2,1-3H3. The van der Waals surface area contributed by atoms with Crippen molar-refractivity contribution in [1.29, 1.82) is 0 Å². The molecule has 0 saturated carbocycles. The van der Waals surface area contributed by atoms with Gasteiger partial charge in [0.05, 0.1) is 12.6 Å². The minimum Gasteiger partial charge on any atom is -0.338 e. The quantitative estimate of drug-likeness (QED) is 0.768. The average Bonchev–Trinajstić information content (AvgIpc) is 2.78. The molecule has 18 heavy (non-hydrogen) atoms. The molecule has 1 aliphatic rings. The zero-order chi connectivity index (χ0) is 13.2. The van der Waals surface area contributed by atoms with Crippen LogP contribution in [0.5, 0.6) is 0 Å². The van der Waals surface area contributed by atoms with E-state index in [-0.39, 0.29) is 11.5 Å². The van der Waals surface area contributed by atoms with Gasteiger partial charge in [-0.2, -0.15) is 4.98 Å². The van der Waals surface area contributed by atoms with Crippen LogP contribution in [-0.4, -0.2) is 33.9 Å². The summed E-state index contributed by atoms with van der Waals surface area (Å²) in [5, 5.41) is 4.00. The molecule has 2 heterocycles. The highest BCUT2D eigenvalue weighted by molar-refractivity contribution is 5.57. The Morgan fingerprint density at radius 2 is 2.22 bits per heavy atom. The van der Waals surface area contributed by atoms with Crippen LogP contribution in [0, 0.1) is 0 Å². The molecule has 1 saturated heterocycles. The van der Waals surface area contributed by atoms with E-state index < -0.39 is 0 Å². The Balaban J connectivity index is 2.04. The second-order valence-corrected chi connectivity index (χ2v) is 5.93. The van der Waals surface area contributed by atoms with Crippen molar-refractivity contribution < 1.29 is 9.32 Å². The average molecular weight is 251 g/mol. The molecule has 1 atom stereocenters. The summed E-state index contributed by atoms with van der Waals surface area (Å²) in [5.74, 6) is 1.32. The van der Waals surface area contributed by atoms with Crippen molar-refractivity contribution in [2.75, 3.05) is 6.54 Å². The van der Waals surface area contributed by atoms with Crippen LogP contribution in [0.3, 0.4) is 0 Å². The zero-order valence-corrected chi connectivity index (χ0v) is 11.3. The van der Waals surface area contributed by atoms with Gasteiger partial charge in [0.15, 0.2) is 5.82 Å². The van der Waals surface area contributed by atoms with Gasteiger partial charge in [0.2, 0.25) is 5.89 Å². The second kappa shape index (κ2) is 5.18. The molecule has 5 nitrogen and oxygen atoms in total. The number of likely N-dealkylation sites (tertiary alicyclic amines) is 1. The highest BCUT2D eigenvalue weighted by atomic mass is 16.5. The number of aldehydes is 1. The van der Waals surface area contributed by atoms with Gasteiger partial charge in [0, 0.05) is 5.41 Å². The molecule has 0 spiro atoms. The number of piperidine rings is 1. The number of hydrogen-bond acceptors (Lipinski definition) is 5. The number of rotatable bonds is 3. The minimum atomic E-state index is -0.103. The molecule has 0 radical (unpaired) electrons.